The van der Waals surface area contributed by atoms with Crippen LogP contribution < -0.4 is 0 Å². The molecule has 0 spiro atoms. The summed E-state index contributed by atoms with van der Waals surface area (Å²) in [4.78, 5) is 3.75. The number of aliphatic hydroxyl groups excluding tert-OH is 1. The Balaban J connectivity index is 1.46. The van der Waals surface area contributed by atoms with Gasteiger partial charge in [-0.25, -0.2) is 0 Å². The zero-order chi connectivity index (χ0) is 14.2. The molecule has 1 fully saturated rings. The summed E-state index contributed by atoms with van der Waals surface area (Å²) in [5, 5.41) is 11.6. The van der Waals surface area contributed by atoms with Crippen molar-refractivity contribution in [1.29, 1.82) is 0 Å². The van der Waals surface area contributed by atoms with Gasteiger partial charge in [0.15, 0.2) is 0 Å². The van der Waals surface area contributed by atoms with Crippen molar-refractivity contribution in [2.45, 2.75) is 12.1 Å². The molecule has 4 rings (SSSR count). The summed E-state index contributed by atoms with van der Waals surface area (Å²) in [7, 11) is 0. The standard InChI is InChI=1S/C18H17NOS/c20-16(13-6-2-1-3-7-13)12-19-11-15(19)18-10-14-8-4-5-9-17(14)21-18/h1-10,15-16,20H,11-12H2. The second kappa shape index (κ2) is 5.26. The molecule has 3 aromatic rings. The fourth-order valence-corrected chi connectivity index (χ4v) is 4.01. The Kier molecular flexibility index (Phi) is 3.26. The molecular weight excluding hydrogens is 278 g/mol. The molecule has 0 radical (unpaired) electrons. The van der Waals surface area contributed by atoms with Crippen LogP contribution in [-0.4, -0.2) is 23.1 Å². The maximum atomic E-state index is 10.3. The summed E-state index contributed by atoms with van der Waals surface area (Å²) < 4.78 is 1.35. The highest BCUT2D eigenvalue weighted by atomic mass is 32.1. The minimum atomic E-state index is -0.398. The van der Waals surface area contributed by atoms with E-state index in [1.54, 1.807) is 0 Å². The van der Waals surface area contributed by atoms with Crippen molar-refractivity contribution in [3.8, 4) is 0 Å². The Bertz CT molecular complexity index is 719. The molecule has 1 aliphatic heterocycles. The predicted octanol–water partition coefficient (Wildman–Crippen LogP) is 3.99. The van der Waals surface area contributed by atoms with Crippen LogP contribution in [0.1, 0.15) is 22.6 Å². The van der Waals surface area contributed by atoms with E-state index in [4.69, 9.17) is 0 Å². The number of β-amino-alcohol motifs (C(OH)–C–C–N with tert-alkyl or cyclic N) is 1. The van der Waals surface area contributed by atoms with Crippen molar-refractivity contribution < 1.29 is 5.11 Å². The fraction of sp³-hybridized carbons (Fsp3) is 0.222. The zero-order valence-corrected chi connectivity index (χ0v) is 12.5. The molecule has 0 bridgehead atoms. The average Bonchev–Trinajstić information content (AvgIpc) is 3.15. The predicted molar refractivity (Wildman–Crippen MR) is 87.5 cm³/mol. The van der Waals surface area contributed by atoms with Crippen molar-refractivity contribution >= 4 is 21.4 Å². The Hall–Kier alpha value is -1.68. The summed E-state index contributed by atoms with van der Waals surface area (Å²) >= 11 is 1.87. The van der Waals surface area contributed by atoms with E-state index in [1.807, 2.05) is 41.7 Å². The van der Waals surface area contributed by atoms with Crippen LogP contribution in [0, 0.1) is 0 Å². The molecular formula is C18H17NOS. The van der Waals surface area contributed by atoms with Crippen LogP contribution >= 0.6 is 11.3 Å². The summed E-state index contributed by atoms with van der Waals surface area (Å²) in [6.07, 6.45) is -0.398. The molecule has 2 heterocycles. The topological polar surface area (TPSA) is 23.2 Å². The number of aliphatic hydroxyl groups is 1. The number of nitrogens with zero attached hydrogens (tertiary/aromatic N) is 1. The second-order valence-electron chi connectivity index (χ2n) is 5.58. The number of hydrogen-bond acceptors (Lipinski definition) is 3. The molecule has 1 saturated heterocycles. The number of hydrogen-bond donors (Lipinski definition) is 1. The van der Waals surface area contributed by atoms with Crippen molar-refractivity contribution in [2.75, 3.05) is 13.1 Å². The first-order valence-corrected chi connectivity index (χ1v) is 8.08. The van der Waals surface area contributed by atoms with E-state index in [-0.39, 0.29) is 0 Å². The Labute approximate surface area is 128 Å². The largest absolute Gasteiger partial charge is 0.387 e. The normalized spacial score (nSPS) is 22.3. The van der Waals surface area contributed by atoms with Crippen molar-refractivity contribution in [3.05, 3.63) is 71.1 Å². The van der Waals surface area contributed by atoms with E-state index < -0.39 is 6.10 Å². The highest BCUT2D eigenvalue weighted by molar-refractivity contribution is 7.19. The lowest BCUT2D eigenvalue weighted by atomic mass is 10.1. The molecule has 106 valence electrons. The SMILES string of the molecule is OC(CN1CC1c1cc2ccccc2s1)c1ccccc1. The molecule has 3 atom stereocenters. The number of rotatable bonds is 4. The van der Waals surface area contributed by atoms with Crippen molar-refractivity contribution in [3.63, 3.8) is 0 Å². The molecule has 3 heteroatoms. The minimum absolute atomic E-state index is 0.398. The molecule has 0 saturated carbocycles. The van der Waals surface area contributed by atoms with E-state index in [9.17, 15) is 5.11 Å². The first-order chi connectivity index (χ1) is 10.3. The Morgan fingerprint density at radius 3 is 2.67 bits per heavy atom. The van der Waals surface area contributed by atoms with Crippen LogP contribution in [0.25, 0.3) is 10.1 Å². The van der Waals surface area contributed by atoms with Gasteiger partial charge in [0, 0.05) is 22.7 Å². The lowest BCUT2D eigenvalue weighted by Crippen LogP contribution is -2.11. The highest BCUT2D eigenvalue weighted by Gasteiger charge is 2.37. The van der Waals surface area contributed by atoms with Gasteiger partial charge in [-0.05, 0) is 23.1 Å². The number of thiophene rings is 1. The Morgan fingerprint density at radius 1 is 1.10 bits per heavy atom. The molecule has 0 aliphatic carbocycles. The van der Waals surface area contributed by atoms with Crippen molar-refractivity contribution in [1.82, 2.24) is 4.90 Å². The highest BCUT2D eigenvalue weighted by Crippen LogP contribution is 2.41. The summed E-state index contributed by atoms with van der Waals surface area (Å²) in [5.41, 5.74) is 1.000. The average molecular weight is 295 g/mol. The third-order valence-corrected chi connectivity index (χ3v) is 5.30. The van der Waals surface area contributed by atoms with Crippen LogP contribution in [0.15, 0.2) is 60.7 Å². The summed E-state index contributed by atoms with van der Waals surface area (Å²) in [6, 6.07) is 21.2. The van der Waals surface area contributed by atoms with Gasteiger partial charge in [0.25, 0.3) is 0 Å². The maximum Gasteiger partial charge on any atom is 0.0917 e. The van der Waals surface area contributed by atoms with E-state index in [0.29, 0.717) is 12.6 Å². The zero-order valence-electron chi connectivity index (χ0n) is 11.6. The Morgan fingerprint density at radius 2 is 1.86 bits per heavy atom. The van der Waals surface area contributed by atoms with Crippen LogP contribution in [0.3, 0.4) is 0 Å². The van der Waals surface area contributed by atoms with Gasteiger partial charge in [0.05, 0.1) is 12.1 Å². The molecule has 1 aliphatic rings. The van der Waals surface area contributed by atoms with Gasteiger partial charge >= 0.3 is 0 Å². The molecule has 0 amide bonds. The van der Waals surface area contributed by atoms with Crippen LogP contribution in [-0.2, 0) is 0 Å². The van der Waals surface area contributed by atoms with Gasteiger partial charge in [-0.15, -0.1) is 11.3 Å². The molecule has 2 aromatic carbocycles. The maximum absolute atomic E-state index is 10.3. The summed E-state index contributed by atoms with van der Waals surface area (Å²) in [6.45, 7) is 1.76. The number of fused-ring (bicyclic) bond motifs is 1. The molecule has 1 N–H and O–H groups in total. The molecule has 21 heavy (non-hydrogen) atoms. The summed E-state index contributed by atoms with van der Waals surface area (Å²) in [5.74, 6) is 0. The van der Waals surface area contributed by atoms with Gasteiger partial charge in [0.2, 0.25) is 0 Å². The first-order valence-electron chi connectivity index (χ1n) is 7.27. The van der Waals surface area contributed by atoms with Gasteiger partial charge in [-0.3, -0.25) is 4.90 Å². The van der Waals surface area contributed by atoms with Crippen LogP contribution in [0.5, 0.6) is 0 Å². The van der Waals surface area contributed by atoms with E-state index in [1.165, 1.54) is 15.0 Å². The smallest absolute Gasteiger partial charge is 0.0917 e. The fourth-order valence-electron chi connectivity index (χ4n) is 2.82. The van der Waals surface area contributed by atoms with Gasteiger partial charge in [-0.2, -0.15) is 0 Å². The van der Waals surface area contributed by atoms with E-state index >= 15 is 0 Å². The molecule has 2 nitrogen and oxygen atoms in total. The van der Waals surface area contributed by atoms with Gasteiger partial charge in [0.1, 0.15) is 0 Å². The third-order valence-electron chi connectivity index (χ3n) is 4.08. The van der Waals surface area contributed by atoms with Crippen LogP contribution in [0.2, 0.25) is 0 Å². The monoisotopic (exact) mass is 295 g/mol. The minimum Gasteiger partial charge on any atom is -0.387 e. The second-order valence-corrected chi connectivity index (χ2v) is 6.70. The lowest BCUT2D eigenvalue weighted by Gasteiger charge is -2.11. The van der Waals surface area contributed by atoms with Gasteiger partial charge < -0.3 is 5.11 Å². The lowest BCUT2D eigenvalue weighted by molar-refractivity contribution is 0.153. The molecule has 3 unspecified atom stereocenters. The quantitative estimate of drug-likeness (QED) is 0.736. The van der Waals surface area contributed by atoms with Crippen molar-refractivity contribution in [2.24, 2.45) is 0 Å². The number of benzene rings is 2. The third kappa shape index (κ3) is 2.60. The van der Waals surface area contributed by atoms with Gasteiger partial charge in [-0.1, -0.05) is 48.5 Å². The molecule has 1 aromatic heterocycles. The van der Waals surface area contributed by atoms with E-state index in [2.05, 4.69) is 35.2 Å². The first kappa shape index (κ1) is 13.0. The van der Waals surface area contributed by atoms with Crippen LogP contribution in [0.4, 0.5) is 0 Å². The van der Waals surface area contributed by atoms with E-state index in [0.717, 1.165) is 12.1 Å².